The Labute approximate surface area is 149 Å². The lowest BCUT2D eigenvalue weighted by Crippen LogP contribution is -2.45. The van der Waals surface area contributed by atoms with Gasteiger partial charge in [-0.3, -0.25) is 4.79 Å². The molecule has 138 valence electrons. The second-order valence-electron chi connectivity index (χ2n) is 6.30. The van der Waals surface area contributed by atoms with Crippen molar-refractivity contribution in [2.24, 2.45) is 5.92 Å². The number of nitrogens with one attached hydrogen (secondary N) is 1. The number of methoxy groups -OCH3 is 1. The first-order valence-corrected chi connectivity index (χ1v) is 9.95. The van der Waals surface area contributed by atoms with Gasteiger partial charge in [0.25, 0.3) is 0 Å². The molecule has 1 aromatic carbocycles. The topological polar surface area (TPSA) is 75.7 Å². The highest BCUT2D eigenvalue weighted by atomic mass is 32.2. The molecule has 1 fully saturated rings. The number of sulfonamides is 1. The Morgan fingerprint density at radius 2 is 1.96 bits per heavy atom. The van der Waals surface area contributed by atoms with E-state index in [1.807, 2.05) is 37.3 Å². The van der Waals surface area contributed by atoms with E-state index in [-0.39, 0.29) is 17.9 Å². The SMILES string of the molecule is COCC(C)NC(=O)C1CCN(S(=O)(=O)/C=C/c2ccccc2)CC1. The molecule has 0 aliphatic carbocycles. The number of ether oxygens (including phenoxy) is 1. The molecule has 0 saturated carbocycles. The van der Waals surface area contributed by atoms with Crippen molar-refractivity contribution in [2.45, 2.75) is 25.8 Å². The molecule has 0 radical (unpaired) electrons. The lowest BCUT2D eigenvalue weighted by molar-refractivity contribution is -0.127. The average Bonchev–Trinajstić information content (AvgIpc) is 2.61. The van der Waals surface area contributed by atoms with Crippen LogP contribution in [0, 0.1) is 5.92 Å². The number of benzene rings is 1. The number of piperidine rings is 1. The Morgan fingerprint density at radius 1 is 1.32 bits per heavy atom. The molecule has 2 rings (SSSR count). The van der Waals surface area contributed by atoms with Crippen LogP contribution in [0.3, 0.4) is 0 Å². The summed E-state index contributed by atoms with van der Waals surface area (Å²) in [5.41, 5.74) is 0.840. The fraction of sp³-hybridized carbons (Fsp3) is 0.500. The third kappa shape index (κ3) is 5.95. The highest BCUT2D eigenvalue weighted by Crippen LogP contribution is 2.21. The molecule has 0 spiro atoms. The van der Waals surface area contributed by atoms with Crippen molar-refractivity contribution >= 4 is 22.0 Å². The zero-order chi connectivity index (χ0) is 18.3. The van der Waals surface area contributed by atoms with Crippen molar-refractivity contribution in [3.63, 3.8) is 0 Å². The number of carbonyl (C=O) groups is 1. The van der Waals surface area contributed by atoms with E-state index in [0.29, 0.717) is 32.5 Å². The van der Waals surface area contributed by atoms with E-state index in [1.54, 1.807) is 13.2 Å². The van der Waals surface area contributed by atoms with E-state index in [0.717, 1.165) is 5.56 Å². The van der Waals surface area contributed by atoms with Crippen molar-refractivity contribution in [3.8, 4) is 0 Å². The minimum absolute atomic E-state index is 0.0265. The van der Waals surface area contributed by atoms with E-state index in [2.05, 4.69) is 5.32 Å². The Hall–Kier alpha value is -1.70. The summed E-state index contributed by atoms with van der Waals surface area (Å²) in [7, 11) is -1.87. The molecular weight excluding hydrogens is 340 g/mol. The predicted molar refractivity (Wildman–Crippen MR) is 98.2 cm³/mol. The highest BCUT2D eigenvalue weighted by molar-refractivity contribution is 7.92. The maximum Gasteiger partial charge on any atom is 0.236 e. The van der Waals surface area contributed by atoms with Crippen LogP contribution in [0.15, 0.2) is 35.7 Å². The molecule has 1 atom stereocenters. The molecule has 0 bridgehead atoms. The molecule has 1 unspecified atom stereocenters. The summed E-state index contributed by atoms with van der Waals surface area (Å²) < 4.78 is 31.3. The number of carbonyl (C=O) groups excluding carboxylic acids is 1. The van der Waals surface area contributed by atoms with Crippen molar-refractivity contribution in [3.05, 3.63) is 41.3 Å². The molecule has 0 aromatic heterocycles. The summed E-state index contributed by atoms with van der Waals surface area (Å²) in [5.74, 6) is -0.176. The molecule has 1 N–H and O–H groups in total. The molecule has 1 saturated heterocycles. The smallest absolute Gasteiger partial charge is 0.236 e. The highest BCUT2D eigenvalue weighted by Gasteiger charge is 2.30. The fourth-order valence-corrected chi connectivity index (χ4v) is 4.06. The summed E-state index contributed by atoms with van der Waals surface area (Å²) in [5, 5.41) is 4.14. The average molecular weight is 366 g/mol. The summed E-state index contributed by atoms with van der Waals surface area (Å²) in [4.78, 5) is 12.2. The first-order chi connectivity index (χ1) is 11.9. The van der Waals surface area contributed by atoms with Gasteiger partial charge >= 0.3 is 0 Å². The fourth-order valence-electron chi connectivity index (χ4n) is 2.84. The van der Waals surface area contributed by atoms with Crippen LogP contribution in [0.4, 0.5) is 0 Å². The molecular formula is C18H26N2O4S. The van der Waals surface area contributed by atoms with E-state index >= 15 is 0 Å². The second kappa shape index (κ2) is 9.12. The first-order valence-electron chi connectivity index (χ1n) is 8.45. The Morgan fingerprint density at radius 3 is 2.56 bits per heavy atom. The lowest BCUT2D eigenvalue weighted by Gasteiger charge is -2.30. The van der Waals surface area contributed by atoms with Gasteiger partial charge in [0.15, 0.2) is 0 Å². The van der Waals surface area contributed by atoms with Crippen molar-refractivity contribution in [1.82, 2.24) is 9.62 Å². The third-order valence-electron chi connectivity index (χ3n) is 4.22. The van der Waals surface area contributed by atoms with Crippen LogP contribution in [-0.4, -0.2) is 51.5 Å². The van der Waals surface area contributed by atoms with Gasteiger partial charge in [0, 0.05) is 37.6 Å². The van der Waals surface area contributed by atoms with Crippen LogP contribution < -0.4 is 5.32 Å². The second-order valence-corrected chi connectivity index (χ2v) is 8.12. The number of hydrogen-bond donors (Lipinski definition) is 1. The lowest BCUT2D eigenvalue weighted by atomic mass is 9.97. The Kier molecular flexibility index (Phi) is 7.16. The van der Waals surface area contributed by atoms with E-state index in [9.17, 15) is 13.2 Å². The van der Waals surface area contributed by atoms with Crippen LogP contribution in [0.2, 0.25) is 0 Å². The Bertz CT molecular complexity index is 680. The maximum atomic E-state index is 12.4. The summed E-state index contributed by atoms with van der Waals surface area (Å²) in [6, 6.07) is 9.26. The van der Waals surface area contributed by atoms with Crippen LogP contribution in [-0.2, 0) is 19.6 Å². The predicted octanol–water partition coefficient (Wildman–Crippen LogP) is 1.85. The number of rotatable bonds is 7. The van der Waals surface area contributed by atoms with E-state index in [4.69, 9.17) is 4.74 Å². The molecule has 7 heteroatoms. The molecule has 1 amide bonds. The van der Waals surface area contributed by atoms with Crippen molar-refractivity contribution in [1.29, 1.82) is 0 Å². The number of amides is 1. The van der Waals surface area contributed by atoms with Crippen LogP contribution in [0.5, 0.6) is 0 Å². The first kappa shape index (κ1) is 19.6. The molecule has 25 heavy (non-hydrogen) atoms. The van der Waals surface area contributed by atoms with Gasteiger partial charge in [0.1, 0.15) is 0 Å². The zero-order valence-electron chi connectivity index (χ0n) is 14.7. The minimum atomic E-state index is -3.46. The molecule has 6 nitrogen and oxygen atoms in total. The van der Waals surface area contributed by atoms with Gasteiger partial charge in [-0.25, -0.2) is 8.42 Å². The standard InChI is InChI=1S/C18H26N2O4S/c1-15(14-24-2)19-18(21)17-8-11-20(12-9-17)25(22,23)13-10-16-6-4-3-5-7-16/h3-7,10,13,15,17H,8-9,11-12,14H2,1-2H3,(H,19,21)/b13-10+. The number of nitrogens with zero attached hydrogens (tertiary/aromatic N) is 1. The van der Waals surface area contributed by atoms with Gasteiger partial charge in [-0.15, -0.1) is 0 Å². The van der Waals surface area contributed by atoms with Crippen LogP contribution >= 0.6 is 0 Å². The molecule has 1 aromatic rings. The monoisotopic (exact) mass is 366 g/mol. The third-order valence-corrected chi connectivity index (χ3v) is 5.79. The summed E-state index contributed by atoms with van der Waals surface area (Å²) in [6.45, 7) is 3.06. The van der Waals surface area contributed by atoms with Crippen molar-refractivity contribution < 1.29 is 17.9 Å². The summed E-state index contributed by atoms with van der Waals surface area (Å²) in [6.07, 6.45) is 2.66. The molecule has 1 heterocycles. The van der Waals surface area contributed by atoms with Gasteiger partial charge in [-0.05, 0) is 31.4 Å². The minimum Gasteiger partial charge on any atom is -0.383 e. The number of hydrogen-bond acceptors (Lipinski definition) is 4. The normalized spacial score (nSPS) is 18.3. The maximum absolute atomic E-state index is 12.4. The molecule has 1 aliphatic heterocycles. The van der Waals surface area contributed by atoms with Crippen molar-refractivity contribution in [2.75, 3.05) is 26.8 Å². The van der Waals surface area contributed by atoms with Crippen LogP contribution in [0.25, 0.3) is 6.08 Å². The van der Waals surface area contributed by atoms with Crippen LogP contribution in [0.1, 0.15) is 25.3 Å². The molecule has 1 aliphatic rings. The van der Waals surface area contributed by atoms with E-state index in [1.165, 1.54) is 9.71 Å². The Balaban J connectivity index is 1.88. The van der Waals surface area contributed by atoms with Gasteiger partial charge < -0.3 is 10.1 Å². The van der Waals surface area contributed by atoms with Gasteiger partial charge in [-0.2, -0.15) is 4.31 Å². The van der Waals surface area contributed by atoms with Gasteiger partial charge in [0.2, 0.25) is 15.9 Å². The quantitative estimate of drug-likeness (QED) is 0.799. The largest absolute Gasteiger partial charge is 0.383 e. The zero-order valence-corrected chi connectivity index (χ0v) is 15.5. The summed E-state index contributed by atoms with van der Waals surface area (Å²) >= 11 is 0. The van der Waals surface area contributed by atoms with Gasteiger partial charge in [0.05, 0.1) is 6.61 Å². The van der Waals surface area contributed by atoms with Gasteiger partial charge in [-0.1, -0.05) is 30.3 Å². The van der Waals surface area contributed by atoms with E-state index < -0.39 is 10.0 Å².